The fourth-order valence-electron chi connectivity index (χ4n) is 2.30. The third kappa shape index (κ3) is 6.38. The normalized spacial score (nSPS) is 10.2. The molecule has 0 amide bonds. The van der Waals surface area contributed by atoms with E-state index < -0.39 is 0 Å². The maximum atomic E-state index is 13.7. The van der Waals surface area contributed by atoms with Crippen molar-refractivity contribution < 1.29 is 13.9 Å². The van der Waals surface area contributed by atoms with E-state index in [4.69, 9.17) is 21.1 Å². The van der Waals surface area contributed by atoms with Crippen molar-refractivity contribution in [2.24, 2.45) is 0 Å². The molecule has 138 valence electrons. The van der Waals surface area contributed by atoms with Crippen LogP contribution in [-0.4, -0.2) is 13.2 Å². The zero-order valence-corrected chi connectivity index (χ0v) is 16.1. The number of halogens is 3. The SMILES string of the molecule is CCCNCc1cc(Cl)c(OCc2ccccc2F)c(OCC)c1.Cl. The highest BCUT2D eigenvalue weighted by Gasteiger charge is 2.13. The van der Waals surface area contributed by atoms with E-state index in [0.29, 0.717) is 35.2 Å². The summed E-state index contributed by atoms with van der Waals surface area (Å²) in [6, 6.07) is 10.3. The van der Waals surface area contributed by atoms with Crippen molar-refractivity contribution in [1.82, 2.24) is 5.32 Å². The van der Waals surface area contributed by atoms with Gasteiger partial charge in [0.15, 0.2) is 11.5 Å². The van der Waals surface area contributed by atoms with Gasteiger partial charge in [0.1, 0.15) is 12.4 Å². The highest BCUT2D eigenvalue weighted by Crippen LogP contribution is 2.37. The van der Waals surface area contributed by atoms with E-state index in [9.17, 15) is 4.39 Å². The van der Waals surface area contributed by atoms with Crippen LogP contribution in [0.15, 0.2) is 36.4 Å². The second-order valence-corrected chi connectivity index (χ2v) is 5.80. The highest BCUT2D eigenvalue weighted by molar-refractivity contribution is 6.32. The fourth-order valence-corrected chi connectivity index (χ4v) is 2.59. The van der Waals surface area contributed by atoms with Crippen LogP contribution in [0.5, 0.6) is 11.5 Å². The summed E-state index contributed by atoms with van der Waals surface area (Å²) < 4.78 is 25.1. The first-order valence-corrected chi connectivity index (χ1v) is 8.55. The lowest BCUT2D eigenvalue weighted by Gasteiger charge is -2.16. The summed E-state index contributed by atoms with van der Waals surface area (Å²) in [6.07, 6.45) is 1.07. The lowest BCUT2D eigenvalue weighted by molar-refractivity contribution is 0.266. The van der Waals surface area contributed by atoms with Gasteiger partial charge < -0.3 is 14.8 Å². The van der Waals surface area contributed by atoms with Crippen molar-refractivity contribution in [3.05, 3.63) is 58.4 Å². The summed E-state index contributed by atoms with van der Waals surface area (Å²) in [4.78, 5) is 0. The summed E-state index contributed by atoms with van der Waals surface area (Å²) >= 11 is 6.36. The first-order valence-electron chi connectivity index (χ1n) is 8.17. The van der Waals surface area contributed by atoms with Crippen LogP contribution < -0.4 is 14.8 Å². The Morgan fingerprint density at radius 1 is 1.12 bits per heavy atom. The van der Waals surface area contributed by atoms with Crippen molar-refractivity contribution in [3.8, 4) is 11.5 Å². The second-order valence-electron chi connectivity index (χ2n) is 5.39. The van der Waals surface area contributed by atoms with Crippen molar-refractivity contribution in [3.63, 3.8) is 0 Å². The van der Waals surface area contributed by atoms with E-state index in [0.717, 1.165) is 18.5 Å². The monoisotopic (exact) mass is 387 g/mol. The number of rotatable bonds is 9. The van der Waals surface area contributed by atoms with Crippen LogP contribution in [0.4, 0.5) is 4.39 Å². The van der Waals surface area contributed by atoms with E-state index in [1.54, 1.807) is 18.2 Å². The molecule has 25 heavy (non-hydrogen) atoms. The van der Waals surface area contributed by atoms with Gasteiger partial charge in [-0.05, 0) is 43.7 Å². The van der Waals surface area contributed by atoms with Gasteiger partial charge in [-0.1, -0.05) is 36.7 Å². The zero-order valence-electron chi connectivity index (χ0n) is 14.5. The van der Waals surface area contributed by atoms with Crippen LogP contribution in [0.3, 0.4) is 0 Å². The van der Waals surface area contributed by atoms with Crippen LogP contribution in [0.2, 0.25) is 5.02 Å². The number of benzene rings is 2. The van der Waals surface area contributed by atoms with E-state index in [2.05, 4.69) is 12.2 Å². The van der Waals surface area contributed by atoms with Gasteiger partial charge in [0, 0.05) is 12.1 Å². The minimum atomic E-state index is -0.299. The molecule has 6 heteroatoms. The number of ether oxygens (including phenoxy) is 2. The van der Waals surface area contributed by atoms with Gasteiger partial charge >= 0.3 is 0 Å². The molecule has 0 bridgehead atoms. The average molecular weight is 388 g/mol. The third-order valence-electron chi connectivity index (χ3n) is 3.45. The van der Waals surface area contributed by atoms with Crippen molar-refractivity contribution in [2.75, 3.05) is 13.2 Å². The molecule has 0 saturated heterocycles. The average Bonchev–Trinajstić information content (AvgIpc) is 2.56. The Labute approximate surface area is 159 Å². The molecule has 0 heterocycles. The largest absolute Gasteiger partial charge is 0.490 e. The van der Waals surface area contributed by atoms with Gasteiger partial charge in [0.25, 0.3) is 0 Å². The molecule has 2 aromatic carbocycles. The van der Waals surface area contributed by atoms with Crippen LogP contribution >= 0.6 is 24.0 Å². The summed E-state index contributed by atoms with van der Waals surface area (Å²) in [5.41, 5.74) is 1.50. The first kappa shape index (κ1) is 21.6. The molecular formula is C19H24Cl2FNO2. The predicted molar refractivity (Wildman–Crippen MR) is 103 cm³/mol. The third-order valence-corrected chi connectivity index (χ3v) is 3.74. The summed E-state index contributed by atoms with van der Waals surface area (Å²) in [5, 5.41) is 3.79. The molecule has 0 aliphatic heterocycles. The van der Waals surface area contributed by atoms with Crippen molar-refractivity contribution in [1.29, 1.82) is 0 Å². The molecule has 0 aliphatic carbocycles. The maximum Gasteiger partial charge on any atom is 0.180 e. The van der Waals surface area contributed by atoms with Crippen LogP contribution in [0, 0.1) is 5.82 Å². The van der Waals surface area contributed by atoms with Gasteiger partial charge in [-0.3, -0.25) is 0 Å². The molecule has 0 aromatic heterocycles. The molecule has 2 aromatic rings. The molecule has 0 aliphatic rings. The van der Waals surface area contributed by atoms with E-state index in [1.807, 2.05) is 19.1 Å². The van der Waals surface area contributed by atoms with Gasteiger partial charge in [-0.2, -0.15) is 0 Å². The summed E-state index contributed by atoms with van der Waals surface area (Å²) in [5.74, 6) is 0.725. The molecule has 0 atom stereocenters. The topological polar surface area (TPSA) is 30.5 Å². The molecule has 0 spiro atoms. The minimum absolute atomic E-state index is 0. The molecule has 3 nitrogen and oxygen atoms in total. The standard InChI is InChI=1S/C19H23ClFNO2.ClH/c1-3-9-22-12-14-10-16(20)19(18(11-14)23-4-2)24-13-15-7-5-6-8-17(15)21;/h5-8,10-11,22H,3-4,9,12-13H2,1-2H3;1H. The number of hydrogen-bond acceptors (Lipinski definition) is 3. The first-order chi connectivity index (χ1) is 11.7. The van der Waals surface area contributed by atoms with Gasteiger partial charge in [-0.25, -0.2) is 4.39 Å². The molecule has 0 fully saturated rings. The molecule has 0 radical (unpaired) electrons. The summed E-state index contributed by atoms with van der Waals surface area (Å²) in [7, 11) is 0. The van der Waals surface area contributed by atoms with Crippen molar-refractivity contribution >= 4 is 24.0 Å². The van der Waals surface area contributed by atoms with E-state index in [1.165, 1.54) is 6.07 Å². The minimum Gasteiger partial charge on any atom is -0.490 e. The fraction of sp³-hybridized carbons (Fsp3) is 0.368. The molecule has 0 unspecified atom stereocenters. The number of nitrogens with one attached hydrogen (secondary N) is 1. The van der Waals surface area contributed by atoms with Gasteiger partial charge in [-0.15, -0.1) is 12.4 Å². The number of hydrogen-bond donors (Lipinski definition) is 1. The molecule has 1 N–H and O–H groups in total. The Morgan fingerprint density at radius 2 is 1.88 bits per heavy atom. The zero-order chi connectivity index (χ0) is 17.4. The van der Waals surface area contributed by atoms with Gasteiger partial charge in [0.2, 0.25) is 0 Å². The Kier molecular flexibility index (Phi) is 9.65. The Morgan fingerprint density at radius 3 is 2.56 bits per heavy atom. The van der Waals surface area contributed by atoms with Crippen LogP contribution in [0.1, 0.15) is 31.4 Å². The lowest BCUT2D eigenvalue weighted by Crippen LogP contribution is -2.14. The van der Waals surface area contributed by atoms with E-state index >= 15 is 0 Å². The Balaban J connectivity index is 0.00000312. The van der Waals surface area contributed by atoms with Crippen molar-refractivity contribution in [2.45, 2.75) is 33.4 Å². The van der Waals surface area contributed by atoms with Crippen LogP contribution in [-0.2, 0) is 13.2 Å². The summed E-state index contributed by atoms with van der Waals surface area (Å²) in [6.45, 7) is 6.26. The van der Waals surface area contributed by atoms with Crippen LogP contribution in [0.25, 0.3) is 0 Å². The highest BCUT2D eigenvalue weighted by atomic mass is 35.5. The Hall–Kier alpha value is -1.49. The quantitative estimate of drug-likeness (QED) is 0.585. The molecular weight excluding hydrogens is 364 g/mol. The lowest BCUT2D eigenvalue weighted by atomic mass is 10.2. The smallest absolute Gasteiger partial charge is 0.180 e. The van der Waals surface area contributed by atoms with Gasteiger partial charge in [0.05, 0.1) is 11.6 Å². The molecule has 0 saturated carbocycles. The van der Waals surface area contributed by atoms with E-state index in [-0.39, 0.29) is 24.8 Å². The maximum absolute atomic E-state index is 13.7. The second kappa shape index (κ2) is 11.2. The predicted octanol–water partition coefficient (Wildman–Crippen LogP) is 5.38. The Bertz CT molecular complexity index is 668. The molecule has 2 rings (SSSR count).